The van der Waals surface area contributed by atoms with Crippen LogP contribution < -0.4 is 17.0 Å². The van der Waals surface area contributed by atoms with Crippen LogP contribution in [0, 0.1) is 0 Å². The van der Waals surface area contributed by atoms with Crippen molar-refractivity contribution in [3.8, 4) is 0 Å². The zero-order chi connectivity index (χ0) is 24.5. The summed E-state index contributed by atoms with van der Waals surface area (Å²) < 4.78 is 51.4. The number of rotatable bonds is 10. The number of nitrogens with zero attached hydrogens (tertiary/aromatic N) is 1. The van der Waals surface area contributed by atoms with E-state index in [4.69, 9.17) is 25.2 Å². The van der Waals surface area contributed by atoms with Crippen LogP contribution in [0.1, 0.15) is 12.0 Å². The van der Waals surface area contributed by atoms with E-state index in [0.717, 1.165) is 10.8 Å². The fourth-order valence-corrected chi connectivity index (χ4v) is 5.71. The van der Waals surface area contributed by atoms with E-state index in [9.17, 15) is 33.3 Å². The average molecular weight is 523 g/mol. The lowest BCUT2D eigenvalue weighted by atomic mass is 10.1. The molecule has 20 heteroatoms. The van der Waals surface area contributed by atoms with Gasteiger partial charge in [0.1, 0.15) is 6.10 Å². The van der Waals surface area contributed by atoms with E-state index in [1.165, 1.54) is 6.08 Å². The highest BCUT2D eigenvalue weighted by Gasteiger charge is 2.47. The molecule has 0 spiro atoms. The van der Waals surface area contributed by atoms with E-state index in [-0.39, 0.29) is 12.0 Å². The molecule has 2 rings (SSSR count). The Kier molecular flexibility index (Phi) is 8.02. The summed E-state index contributed by atoms with van der Waals surface area (Å²) in [5, 5.41) is 10.2. The molecular weight excluding hydrogens is 503 g/mol. The van der Waals surface area contributed by atoms with E-state index in [2.05, 4.69) is 19.7 Å². The van der Waals surface area contributed by atoms with Crippen LogP contribution in [0.4, 0.5) is 0 Å². The predicted molar refractivity (Wildman–Crippen MR) is 103 cm³/mol. The minimum absolute atomic E-state index is 0.0731. The Morgan fingerprint density at radius 1 is 1.25 bits per heavy atom. The Bertz CT molecular complexity index is 1130. The highest BCUT2D eigenvalue weighted by Crippen LogP contribution is 2.66. The van der Waals surface area contributed by atoms with Gasteiger partial charge in [-0.05, 0) is 6.42 Å². The Morgan fingerprint density at radius 3 is 2.44 bits per heavy atom. The normalized spacial score (nSPS) is 27.6. The van der Waals surface area contributed by atoms with E-state index in [1.54, 1.807) is 0 Å². The van der Waals surface area contributed by atoms with E-state index < -0.39 is 65.8 Å². The third-order valence-corrected chi connectivity index (χ3v) is 7.69. The monoisotopic (exact) mass is 523 g/mol. The van der Waals surface area contributed by atoms with Gasteiger partial charge in [-0.1, -0.05) is 6.08 Å². The van der Waals surface area contributed by atoms with Crippen molar-refractivity contribution in [2.24, 2.45) is 5.73 Å². The maximum atomic E-state index is 12.2. The number of aromatic amines is 1. The minimum Gasteiger partial charge on any atom is -0.390 e. The fraction of sp³-hybridized carbons (Fsp3) is 0.500. The summed E-state index contributed by atoms with van der Waals surface area (Å²) >= 11 is 0. The fourth-order valence-electron chi connectivity index (χ4n) is 2.68. The van der Waals surface area contributed by atoms with Gasteiger partial charge in [-0.3, -0.25) is 24.6 Å². The van der Waals surface area contributed by atoms with E-state index >= 15 is 0 Å². The molecule has 5 atom stereocenters. The molecule has 2 unspecified atom stereocenters. The number of aliphatic hydroxyl groups excluding tert-OH is 1. The Balaban J connectivity index is 2.14. The van der Waals surface area contributed by atoms with Gasteiger partial charge in [-0.2, -0.15) is 8.62 Å². The van der Waals surface area contributed by atoms with Crippen LogP contribution in [-0.4, -0.2) is 53.0 Å². The molecule has 0 bridgehead atoms. The molecule has 0 aliphatic carbocycles. The van der Waals surface area contributed by atoms with Crippen LogP contribution in [0.25, 0.3) is 0 Å². The van der Waals surface area contributed by atoms with Crippen LogP contribution in [0.5, 0.6) is 0 Å². The quantitative estimate of drug-likeness (QED) is 0.133. The van der Waals surface area contributed by atoms with Gasteiger partial charge in [0.25, 0.3) is 5.56 Å². The molecule has 1 aliphatic heterocycles. The molecule has 8 N–H and O–H groups in total. The van der Waals surface area contributed by atoms with Crippen molar-refractivity contribution in [2.75, 3.05) is 6.61 Å². The molecule has 1 aromatic rings. The average Bonchev–Trinajstić information content (AvgIpc) is 2.87. The minimum atomic E-state index is -5.73. The number of aromatic nitrogens is 2. The van der Waals surface area contributed by atoms with Gasteiger partial charge < -0.3 is 29.4 Å². The van der Waals surface area contributed by atoms with Crippen LogP contribution in [-0.2, 0) is 43.8 Å². The van der Waals surface area contributed by atoms with Crippen molar-refractivity contribution in [1.82, 2.24) is 9.55 Å². The number of phosphoric ester groups is 1. The van der Waals surface area contributed by atoms with Crippen molar-refractivity contribution in [3.63, 3.8) is 0 Å². The van der Waals surface area contributed by atoms with Crippen molar-refractivity contribution < 1.29 is 56.3 Å². The number of nitrogens with two attached hydrogens (primary N) is 1. The summed E-state index contributed by atoms with van der Waals surface area (Å²) in [7, 11) is -16.8. The lowest BCUT2D eigenvalue weighted by Gasteiger charge is -2.26. The first-order valence-electron chi connectivity index (χ1n) is 8.36. The molecule has 182 valence electrons. The number of H-pyrrole nitrogens is 1. The molecule has 2 heterocycles. The first kappa shape index (κ1) is 27.0. The van der Waals surface area contributed by atoms with Crippen LogP contribution in [0.15, 0.2) is 28.4 Å². The lowest BCUT2D eigenvalue weighted by Crippen LogP contribution is -2.51. The van der Waals surface area contributed by atoms with Crippen LogP contribution in [0.3, 0.4) is 0 Å². The second kappa shape index (κ2) is 9.52. The second-order valence-corrected chi connectivity index (χ2v) is 10.9. The second-order valence-electron chi connectivity index (χ2n) is 6.44. The van der Waals surface area contributed by atoms with Gasteiger partial charge in [0.2, 0.25) is 5.85 Å². The number of hydrogen-bond donors (Lipinski definition) is 7. The maximum Gasteiger partial charge on any atom is 0.490 e. The first-order valence-corrected chi connectivity index (χ1v) is 12.9. The van der Waals surface area contributed by atoms with Gasteiger partial charge in [0.15, 0.2) is 0 Å². The molecule has 17 nitrogen and oxygen atoms in total. The van der Waals surface area contributed by atoms with E-state index in [1.807, 2.05) is 4.98 Å². The number of ether oxygens (including phenoxy) is 1. The van der Waals surface area contributed by atoms with Crippen molar-refractivity contribution in [1.29, 1.82) is 0 Å². The third kappa shape index (κ3) is 7.10. The Morgan fingerprint density at radius 2 is 1.88 bits per heavy atom. The molecule has 1 aliphatic rings. The number of nitrogens with one attached hydrogen (secondary N) is 1. The molecule has 0 saturated carbocycles. The van der Waals surface area contributed by atoms with Crippen LogP contribution >= 0.6 is 23.5 Å². The number of aliphatic hydroxyl groups is 1. The molecule has 1 saturated heterocycles. The summed E-state index contributed by atoms with van der Waals surface area (Å²) in [6, 6.07) is 0. The van der Waals surface area contributed by atoms with Gasteiger partial charge in [-0.25, -0.2) is 18.5 Å². The summed E-state index contributed by atoms with van der Waals surface area (Å²) in [6.07, 6.45) is -0.875. The zero-order valence-electron chi connectivity index (χ0n) is 15.9. The summed E-state index contributed by atoms with van der Waals surface area (Å²) in [6.45, 7) is 2.48. The number of allylic oxidation sites excluding steroid dienone is 1. The lowest BCUT2D eigenvalue weighted by molar-refractivity contribution is -0.114. The van der Waals surface area contributed by atoms with Crippen molar-refractivity contribution in [3.05, 3.63) is 45.3 Å². The Labute approximate surface area is 178 Å². The standard InChI is InChI=1S/C12H20N3O14P3/c1-2-3-7-5-15(11(18)14-10(7)17)12(13)4-8(16)9(27-12)6-26-31(22,23)29-32(24,25)28-30(19,20)21/h2,5,8-9,16H,1,3-4,6,13H2,(H,22,23)(H,24,25)(H,14,17,18)(H2,19,20,21)/t8-,9+,12-/m0/s1. The molecule has 0 amide bonds. The van der Waals surface area contributed by atoms with Gasteiger partial charge in [0, 0.05) is 18.2 Å². The van der Waals surface area contributed by atoms with Gasteiger partial charge in [-0.15, -0.1) is 6.58 Å². The van der Waals surface area contributed by atoms with Crippen molar-refractivity contribution in [2.45, 2.75) is 30.9 Å². The first-order chi connectivity index (χ1) is 14.5. The summed E-state index contributed by atoms with van der Waals surface area (Å²) in [4.78, 5) is 61.5. The van der Waals surface area contributed by atoms with Crippen LogP contribution in [0.2, 0.25) is 0 Å². The predicted octanol–water partition coefficient (Wildman–Crippen LogP) is -1.67. The zero-order valence-corrected chi connectivity index (χ0v) is 18.6. The van der Waals surface area contributed by atoms with Crippen molar-refractivity contribution >= 4 is 23.5 Å². The summed E-state index contributed by atoms with van der Waals surface area (Å²) in [5.74, 6) is -2.03. The van der Waals surface area contributed by atoms with E-state index in [0.29, 0.717) is 0 Å². The molecular formula is C12H20N3O14P3. The maximum absolute atomic E-state index is 12.2. The smallest absolute Gasteiger partial charge is 0.390 e. The highest BCUT2D eigenvalue weighted by atomic mass is 31.3. The number of phosphoric acid groups is 3. The SMILES string of the molecule is C=CCc1cn([C@@]2(N)C[C@H](O)[C@@H](COP(=O)(O)OP(=O)(O)OP(=O)(O)O)O2)c(=O)[nH]c1=O. The Hall–Kier alpha value is -1.29. The molecule has 1 aromatic heterocycles. The molecule has 32 heavy (non-hydrogen) atoms. The molecule has 1 fully saturated rings. The third-order valence-electron chi connectivity index (χ3n) is 3.89. The van der Waals surface area contributed by atoms with Gasteiger partial charge >= 0.3 is 29.2 Å². The topological polar surface area (TPSA) is 270 Å². The largest absolute Gasteiger partial charge is 0.490 e. The number of hydrogen-bond acceptors (Lipinski definition) is 11. The summed E-state index contributed by atoms with van der Waals surface area (Å²) in [5.41, 5.74) is 4.43. The highest BCUT2D eigenvalue weighted by molar-refractivity contribution is 7.66. The molecule has 0 aromatic carbocycles. The molecule has 0 radical (unpaired) electrons. The van der Waals surface area contributed by atoms with Gasteiger partial charge in [0.05, 0.1) is 12.7 Å².